The molecule has 4 rings (SSSR count). The minimum Gasteiger partial charge on any atom is -0.353 e. The average Bonchev–Trinajstić information content (AvgIpc) is 3.16. The summed E-state index contributed by atoms with van der Waals surface area (Å²) in [5.74, 6) is -0.419. The number of carbonyl (C=O) groups excluding carboxylic acids is 1. The molecule has 3 aromatic rings. The fourth-order valence-electron chi connectivity index (χ4n) is 3.80. The van der Waals surface area contributed by atoms with Crippen molar-refractivity contribution in [3.63, 3.8) is 0 Å². The number of anilines is 1. The van der Waals surface area contributed by atoms with E-state index in [0.29, 0.717) is 0 Å². The van der Waals surface area contributed by atoms with Gasteiger partial charge in [-0.1, -0.05) is 78.9 Å². The van der Waals surface area contributed by atoms with Crippen LogP contribution in [0.5, 0.6) is 0 Å². The zero-order chi connectivity index (χ0) is 20.2. The van der Waals surface area contributed by atoms with Crippen LogP contribution in [0.25, 0.3) is 0 Å². The number of rotatable bonds is 5. The van der Waals surface area contributed by atoms with Crippen LogP contribution in [0.4, 0.5) is 5.69 Å². The van der Waals surface area contributed by atoms with Crippen LogP contribution in [0.2, 0.25) is 0 Å². The van der Waals surface area contributed by atoms with Crippen LogP contribution in [-0.2, 0) is 4.79 Å². The molecule has 1 amide bonds. The predicted molar refractivity (Wildman–Crippen MR) is 118 cm³/mol. The van der Waals surface area contributed by atoms with Gasteiger partial charge in [-0.2, -0.15) is 5.10 Å². The quantitative estimate of drug-likeness (QED) is 0.688. The third kappa shape index (κ3) is 3.92. The van der Waals surface area contributed by atoms with Crippen LogP contribution >= 0.6 is 0 Å². The highest BCUT2D eigenvalue weighted by Crippen LogP contribution is 2.40. The molecular weight excluding hydrogens is 358 g/mol. The molecule has 3 aromatic carbocycles. The van der Waals surface area contributed by atoms with Crippen LogP contribution in [-0.4, -0.2) is 17.7 Å². The maximum absolute atomic E-state index is 13.4. The zero-order valence-electron chi connectivity index (χ0n) is 16.7. The SMILES string of the molecule is CC(C)NC(=O)C1C(c2ccccc2)=NN(c2ccccc2)C1c1ccccc1. The molecule has 1 heterocycles. The van der Waals surface area contributed by atoms with Gasteiger partial charge in [-0.05, 0) is 37.1 Å². The Labute approximate surface area is 171 Å². The van der Waals surface area contributed by atoms with Gasteiger partial charge >= 0.3 is 0 Å². The Morgan fingerprint density at radius 2 is 1.41 bits per heavy atom. The molecule has 0 bridgehead atoms. The molecule has 29 heavy (non-hydrogen) atoms. The lowest BCUT2D eigenvalue weighted by Gasteiger charge is -2.28. The summed E-state index contributed by atoms with van der Waals surface area (Å²) in [6.07, 6.45) is 0. The molecule has 146 valence electrons. The number of hydrogen-bond donors (Lipinski definition) is 1. The molecule has 0 aliphatic carbocycles. The van der Waals surface area contributed by atoms with Crippen LogP contribution in [0.1, 0.15) is 31.0 Å². The summed E-state index contributed by atoms with van der Waals surface area (Å²) in [6, 6.07) is 30.0. The van der Waals surface area contributed by atoms with Gasteiger partial charge in [0.15, 0.2) is 0 Å². The maximum atomic E-state index is 13.4. The number of carbonyl (C=O) groups is 1. The number of nitrogens with one attached hydrogen (secondary N) is 1. The third-order valence-corrected chi connectivity index (χ3v) is 5.03. The molecule has 0 spiro atoms. The summed E-state index contributed by atoms with van der Waals surface area (Å²) in [4.78, 5) is 13.4. The molecule has 2 unspecified atom stereocenters. The van der Waals surface area contributed by atoms with Crippen LogP contribution in [0.15, 0.2) is 96.1 Å². The van der Waals surface area contributed by atoms with Gasteiger partial charge in [-0.15, -0.1) is 0 Å². The average molecular weight is 383 g/mol. The van der Waals surface area contributed by atoms with Gasteiger partial charge in [0, 0.05) is 6.04 Å². The van der Waals surface area contributed by atoms with Crippen molar-refractivity contribution in [2.24, 2.45) is 11.0 Å². The first kappa shape index (κ1) is 18.9. The van der Waals surface area contributed by atoms with Crippen molar-refractivity contribution in [3.8, 4) is 0 Å². The van der Waals surface area contributed by atoms with E-state index in [1.807, 2.05) is 97.7 Å². The minimum absolute atomic E-state index is 0.00473. The number of benzene rings is 3. The molecule has 2 atom stereocenters. The van der Waals surface area contributed by atoms with Crippen molar-refractivity contribution in [3.05, 3.63) is 102 Å². The highest BCUT2D eigenvalue weighted by atomic mass is 16.2. The monoisotopic (exact) mass is 383 g/mol. The molecule has 0 radical (unpaired) electrons. The van der Waals surface area contributed by atoms with Crippen molar-refractivity contribution in [1.29, 1.82) is 0 Å². The largest absolute Gasteiger partial charge is 0.353 e. The van der Waals surface area contributed by atoms with E-state index in [9.17, 15) is 4.79 Å². The first-order valence-corrected chi connectivity index (χ1v) is 9.98. The zero-order valence-corrected chi connectivity index (χ0v) is 16.7. The van der Waals surface area contributed by atoms with E-state index < -0.39 is 5.92 Å². The van der Waals surface area contributed by atoms with Crippen LogP contribution in [0.3, 0.4) is 0 Å². The fraction of sp³-hybridized carbons (Fsp3) is 0.200. The van der Waals surface area contributed by atoms with Crippen molar-refractivity contribution in [1.82, 2.24) is 5.32 Å². The molecule has 0 aromatic heterocycles. The van der Waals surface area contributed by atoms with E-state index in [1.165, 1.54) is 0 Å². The minimum atomic E-state index is -0.414. The second-order valence-corrected chi connectivity index (χ2v) is 7.53. The van der Waals surface area contributed by atoms with E-state index >= 15 is 0 Å². The van der Waals surface area contributed by atoms with Gasteiger partial charge in [0.05, 0.1) is 17.4 Å². The summed E-state index contributed by atoms with van der Waals surface area (Å²) in [6.45, 7) is 3.97. The number of hydrazone groups is 1. The smallest absolute Gasteiger partial charge is 0.231 e. The number of hydrogen-bond acceptors (Lipinski definition) is 3. The van der Waals surface area contributed by atoms with Crippen LogP contribution < -0.4 is 10.3 Å². The lowest BCUT2D eigenvalue weighted by atomic mass is 9.86. The van der Waals surface area contributed by atoms with Gasteiger partial charge in [0.1, 0.15) is 5.92 Å². The van der Waals surface area contributed by atoms with Crippen molar-refractivity contribution >= 4 is 17.3 Å². The van der Waals surface area contributed by atoms with Gasteiger partial charge < -0.3 is 5.32 Å². The van der Waals surface area contributed by atoms with Gasteiger partial charge in [0.2, 0.25) is 5.91 Å². The number of amides is 1. The van der Waals surface area contributed by atoms with Gasteiger partial charge in [-0.25, -0.2) is 0 Å². The number of nitrogens with zero attached hydrogens (tertiary/aromatic N) is 2. The number of para-hydroxylation sites is 1. The molecular formula is C25H25N3O. The molecule has 0 saturated heterocycles. The Bertz CT molecular complexity index is 984. The van der Waals surface area contributed by atoms with Crippen molar-refractivity contribution in [2.45, 2.75) is 25.9 Å². The molecule has 1 aliphatic rings. The molecule has 4 nitrogen and oxygen atoms in total. The standard InChI is InChI=1S/C25H25N3O/c1-18(2)26-25(29)22-23(19-12-6-3-7-13-19)27-28(21-16-10-5-11-17-21)24(22)20-14-8-4-9-15-20/h3-18,22,24H,1-2H3,(H,26,29). The summed E-state index contributed by atoms with van der Waals surface area (Å²) < 4.78 is 0. The van der Waals surface area contributed by atoms with E-state index in [-0.39, 0.29) is 18.0 Å². The highest BCUT2D eigenvalue weighted by molar-refractivity contribution is 6.15. The molecule has 0 saturated carbocycles. The summed E-state index contributed by atoms with van der Waals surface area (Å²) in [5, 5.41) is 10.1. The lowest BCUT2D eigenvalue weighted by molar-refractivity contribution is -0.123. The Hall–Kier alpha value is -3.40. The second kappa shape index (κ2) is 8.31. The van der Waals surface area contributed by atoms with Gasteiger partial charge in [-0.3, -0.25) is 9.80 Å². The van der Waals surface area contributed by atoms with E-state index in [0.717, 1.165) is 22.5 Å². The second-order valence-electron chi connectivity index (χ2n) is 7.53. The lowest BCUT2D eigenvalue weighted by Crippen LogP contribution is -2.42. The summed E-state index contributed by atoms with van der Waals surface area (Å²) in [7, 11) is 0. The van der Waals surface area contributed by atoms with Crippen LogP contribution in [0, 0.1) is 5.92 Å². The molecule has 1 N–H and O–H groups in total. The van der Waals surface area contributed by atoms with Crippen molar-refractivity contribution < 1.29 is 4.79 Å². The van der Waals surface area contributed by atoms with Gasteiger partial charge in [0.25, 0.3) is 0 Å². The van der Waals surface area contributed by atoms with Crippen molar-refractivity contribution in [2.75, 3.05) is 5.01 Å². The Morgan fingerprint density at radius 3 is 2.00 bits per heavy atom. The Balaban J connectivity index is 1.87. The Kier molecular flexibility index (Phi) is 5.43. The Morgan fingerprint density at radius 1 is 0.862 bits per heavy atom. The molecule has 0 fully saturated rings. The highest BCUT2D eigenvalue weighted by Gasteiger charge is 2.44. The third-order valence-electron chi connectivity index (χ3n) is 5.03. The predicted octanol–water partition coefficient (Wildman–Crippen LogP) is 4.79. The summed E-state index contributed by atoms with van der Waals surface area (Å²) in [5.41, 5.74) is 3.79. The molecule has 1 aliphatic heterocycles. The first-order valence-electron chi connectivity index (χ1n) is 9.98. The van der Waals surface area contributed by atoms with E-state index in [4.69, 9.17) is 5.10 Å². The topological polar surface area (TPSA) is 44.7 Å². The maximum Gasteiger partial charge on any atom is 0.231 e. The summed E-state index contributed by atoms with van der Waals surface area (Å²) >= 11 is 0. The van der Waals surface area contributed by atoms with E-state index in [1.54, 1.807) is 0 Å². The fourth-order valence-corrected chi connectivity index (χ4v) is 3.80. The molecule has 4 heteroatoms. The normalized spacial score (nSPS) is 18.6. The van der Waals surface area contributed by atoms with E-state index in [2.05, 4.69) is 17.4 Å². The first-order chi connectivity index (χ1) is 14.1.